The monoisotopic (exact) mass is 738 g/mol. The third-order valence-corrected chi connectivity index (χ3v) is 11.6. The molecule has 6 heteroatoms. The van der Waals surface area contributed by atoms with Crippen LogP contribution < -0.4 is 0 Å². The van der Waals surface area contributed by atoms with Crippen LogP contribution in [0.15, 0.2) is 0 Å². The number of hydrogen-bond donors (Lipinski definition) is 2. The van der Waals surface area contributed by atoms with Gasteiger partial charge in [-0.25, -0.2) is 0 Å². The van der Waals surface area contributed by atoms with E-state index in [1.807, 2.05) is 0 Å². The number of carbonyl (C=O) groups is 2. The molecule has 1 saturated carbocycles. The molecule has 0 bridgehead atoms. The Morgan fingerprint density at radius 2 is 0.942 bits per heavy atom. The maximum Gasteiger partial charge on any atom is 0.306 e. The van der Waals surface area contributed by atoms with Crippen molar-refractivity contribution in [3.8, 4) is 0 Å². The number of unbranched alkanes of at least 4 members (excludes halogenated alkanes) is 20. The predicted octanol–water partition coefficient (Wildman–Crippen LogP) is 13.5. The van der Waals surface area contributed by atoms with Gasteiger partial charge < -0.3 is 19.8 Å². The Morgan fingerprint density at radius 1 is 0.577 bits per heavy atom. The highest BCUT2D eigenvalue weighted by molar-refractivity contribution is 5.69. The minimum absolute atomic E-state index is 0.0383. The topological polar surface area (TPSA) is 87.1 Å². The van der Waals surface area contributed by atoms with Gasteiger partial charge in [0, 0.05) is 13.0 Å². The Balaban J connectivity index is 0.00000835. The first-order chi connectivity index (χ1) is 25.5. The van der Waals surface area contributed by atoms with Crippen molar-refractivity contribution in [2.75, 3.05) is 26.2 Å². The van der Waals surface area contributed by atoms with Crippen molar-refractivity contribution in [2.45, 2.75) is 245 Å². The summed E-state index contributed by atoms with van der Waals surface area (Å²) in [6.45, 7) is 9.92. The van der Waals surface area contributed by atoms with E-state index in [0.29, 0.717) is 6.42 Å². The fraction of sp³-hybridized carbons (Fsp3) is 0.957. The number of carbonyl (C=O) groups excluding carboxylic acids is 1. The average Bonchev–Trinajstić information content (AvgIpc) is 3.14. The van der Waals surface area contributed by atoms with E-state index < -0.39 is 0 Å². The Kier molecular flexibility index (Phi) is 40.1. The molecule has 0 saturated heterocycles. The number of esters is 1. The molecule has 0 amide bonds. The molecule has 0 spiro atoms. The van der Waals surface area contributed by atoms with E-state index >= 15 is 0 Å². The quantitative estimate of drug-likeness (QED) is 0.0375. The summed E-state index contributed by atoms with van der Waals surface area (Å²) in [4.78, 5) is 23.5. The van der Waals surface area contributed by atoms with Gasteiger partial charge in [-0.05, 0) is 69.9 Å². The first-order valence-corrected chi connectivity index (χ1v) is 23.1. The fourth-order valence-electron chi connectivity index (χ4n) is 8.21. The van der Waals surface area contributed by atoms with Crippen LogP contribution in [0.3, 0.4) is 0 Å². The lowest BCUT2D eigenvalue weighted by molar-refractivity contribution is -0.150. The van der Waals surface area contributed by atoms with Gasteiger partial charge in [-0.1, -0.05) is 188 Å². The molecule has 1 fully saturated rings. The molecular weight excluding hydrogens is 647 g/mol. The van der Waals surface area contributed by atoms with E-state index in [1.54, 1.807) is 0 Å². The molecule has 310 valence electrons. The summed E-state index contributed by atoms with van der Waals surface area (Å²) in [5.74, 6) is 2.09. The maximum atomic E-state index is 12.7. The highest BCUT2D eigenvalue weighted by Crippen LogP contribution is 2.34. The van der Waals surface area contributed by atoms with E-state index in [-0.39, 0.29) is 25.2 Å². The molecular formula is C46H91NO5. The smallest absolute Gasteiger partial charge is 0.306 e. The van der Waals surface area contributed by atoms with Crippen molar-refractivity contribution >= 4 is 12.4 Å². The molecule has 52 heavy (non-hydrogen) atoms. The van der Waals surface area contributed by atoms with Gasteiger partial charge in [0.2, 0.25) is 0 Å². The van der Waals surface area contributed by atoms with Crippen LogP contribution in [-0.2, 0) is 14.3 Å². The largest absolute Gasteiger partial charge is 0.483 e. The Morgan fingerprint density at radius 3 is 1.40 bits per heavy atom. The van der Waals surface area contributed by atoms with Gasteiger partial charge in [0.1, 0.15) is 6.10 Å². The van der Waals surface area contributed by atoms with Crippen LogP contribution in [0.4, 0.5) is 0 Å². The summed E-state index contributed by atoms with van der Waals surface area (Å²) >= 11 is 0. The molecule has 0 radical (unpaired) electrons. The van der Waals surface area contributed by atoms with Crippen LogP contribution in [0.1, 0.15) is 239 Å². The van der Waals surface area contributed by atoms with Crippen molar-refractivity contribution < 1.29 is 24.5 Å². The van der Waals surface area contributed by atoms with Crippen LogP contribution >= 0.6 is 0 Å². The second kappa shape index (κ2) is 41.0. The third kappa shape index (κ3) is 34.6. The molecule has 0 aromatic carbocycles. The molecule has 6 nitrogen and oxygen atoms in total. The van der Waals surface area contributed by atoms with Crippen LogP contribution in [0, 0.1) is 11.8 Å². The number of aliphatic hydroxyl groups is 1. The Hall–Kier alpha value is -1.14. The number of rotatable bonds is 37. The summed E-state index contributed by atoms with van der Waals surface area (Å²) in [6.07, 6.45) is 44.1. The molecule has 0 atom stereocenters. The van der Waals surface area contributed by atoms with E-state index in [1.165, 1.54) is 186 Å². The van der Waals surface area contributed by atoms with Gasteiger partial charge in [-0.15, -0.1) is 0 Å². The highest BCUT2D eigenvalue weighted by atomic mass is 16.5. The second-order valence-corrected chi connectivity index (χ2v) is 16.4. The standard InChI is InChI=1S/C45H89NO3.CH2O2/c1-4-7-10-12-17-24-31-44(32-25-18-13-11-8-5-2)49-45(48)33-26-19-15-21-28-39-46(40-41-47)38-27-20-14-16-23-30-43-36-34-42(35-37-43)29-22-9-6-3;2-1-3/h42-44,47H,4-41H2,1-3H3;1H,(H,2,3). The Labute approximate surface area is 324 Å². The zero-order valence-corrected chi connectivity index (χ0v) is 35.2. The van der Waals surface area contributed by atoms with E-state index in [2.05, 4.69) is 25.7 Å². The number of ether oxygens (including phenoxy) is 1. The second-order valence-electron chi connectivity index (χ2n) is 16.4. The van der Waals surface area contributed by atoms with Gasteiger partial charge in [0.05, 0.1) is 6.61 Å². The van der Waals surface area contributed by atoms with Gasteiger partial charge in [0.15, 0.2) is 0 Å². The summed E-state index contributed by atoms with van der Waals surface area (Å²) in [5, 5.41) is 16.5. The molecule has 1 aliphatic rings. The zero-order chi connectivity index (χ0) is 38.2. The van der Waals surface area contributed by atoms with Crippen molar-refractivity contribution in [2.24, 2.45) is 11.8 Å². The maximum absolute atomic E-state index is 12.7. The van der Waals surface area contributed by atoms with Gasteiger partial charge >= 0.3 is 5.97 Å². The van der Waals surface area contributed by atoms with Crippen molar-refractivity contribution in [1.29, 1.82) is 0 Å². The summed E-state index contributed by atoms with van der Waals surface area (Å²) in [6, 6.07) is 0. The van der Waals surface area contributed by atoms with E-state index in [9.17, 15) is 9.90 Å². The summed E-state index contributed by atoms with van der Waals surface area (Å²) in [7, 11) is 0. The van der Waals surface area contributed by atoms with Gasteiger partial charge in [-0.3, -0.25) is 9.59 Å². The van der Waals surface area contributed by atoms with Crippen LogP contribution in [0.2, 0.25) is 0 Å². The van der Waals surface area contributed by atoms with Crippen molar-refractivity contribution in [3.05, 3.63) is 0 Å². The normalized spacial score (nSPS) is 15.9. The van der Waals surface area contributed by atoms with Crippen LogP contribution in [0.5, 0.6) is 0 Å². The lowest BCUT2D eigenvalue weighted by Gasteiger charge is -2.28. The van der Waals surface area contributed by atoms with Crippen LogP contribution in [-0.4, -0.2) is 59.9 Å². The molecule has 1 rings (SSSR count). The minimum atomic E-state index is -0.250. The van der Waals surface area contributed by atoms with Gasteiger partial charge in [-0.2, -0.15) is 0 Å². The molecule has 0 heterocycles. The molecule has 1 aliphatic carbocycles. The highest BCUT2D eigenvalue weighted by Gasteiger charge is 2.20. The Bertz CT molecular complexity index is 710. The molecule has 2 N–H and O–H groups in total. The number of aliphatic hydroxyl groups excluding tert-OH is 1. The van der Waals surface area contributed by atoms with Crippen molar-refractivity contribution in [3.63, 3.8) is 0 Å². The lowest BCUT2D eigenvalue weighted by atomic mass is 9.78. The number of carboxylic acid groups (broad SMARTS) is 1. The molecule has 0 aromatic heterocycles. The van der Waals surface area contributed by atoms with E-state index in [4.69, 9.17) is 14.6 Å². The summed E-state index contributed by atoms with van der Waals surface area (Å²) in [5.41, 5.74) is 0. The molecule has 0 aromatic rings. The first kappa shape index (κ1) is 50.9. The average molecular weight is 738 g/mol. The van der Waals surface area contributed by atoms with Crippen molar-refractivity contribution in [1.82, 2.24) is 4.90 Å². The van der Waals surface area contributed by atoms with E-state index in [0.717, 1.165) is 57.2 Å². The fourth-order valence-corrected chi connectivity index (χ4v) is 8.21. The SMILES string of the molecule is CCCCCCCCC(CCCCCCCC)OC(=O)CCCCCCCN(CCO)CCCCCCCC1CCC(CCCCC)CC1.O=CO. The number of nitrogens with zero attached hydrogens (tertiary/aromatic N) is 1. The van der Waals surface area contributed by atoms with Gasteiger partial charge in [0.25, 0.3) is 6.47 Å². The predicted molar refractivity (Wildman–Crippen MR) is 223 cm³/mol. The first-order valence-electron chi connectivity index (χ1n) is 23.1. The third-order valence-electron chi connectivity index (χ3n) is 11.6. The zero-order valence-electron chi connectivity index (χ0n) is 35.2. The lowest BCUT2D eigenvalue weighted by Crippen LogP contribution is -2.29. The molecule has 0 unspecified atom stereocenters. The number of hydrogen-bond acceptors (Lipinski definition) is 5. The van der Waals surface area contributed by atoms with Crippen LogP contribution in [0.25, 0.3) is 0 Å². The minimum Gasteiger partial charge on any atom is -0.483 e. The molecule has 0 aliphatic heterocycles. The summed E-state index contributed by atoms with van der Waals surface area (Å²) < 4.78 is 6.04.